The zero-order valence-electron chi connectivity index (χ0n) is 16.7. The molecule has 2 aromatic carbocycles. The Morgan fingerprint density at radius 2 is 1.71 bits per heavy atom. The predicted molar refractivity (Wildman–Crippen MR) is 114 cm³/mol. The summed E-state index contributed by atoms with van der Waals surface area (Å²) in [6.45, 7) is 0.602. The Morgan fingerprint density at radius 3 is 2.35 bits per heavy atom. The molecular weight excluding hydrogens is 418 g/mol. The van der Waals surface area contributed by atoms with Crippen molar-refractivity contribution in [3.05, 3.63) is 72.7 Å². The summed E-state index contributed by atoms with van der Waals surface area (Å²) in [4.78, 5) is 16.0. The molecule has 2 N–H and O–H groups in total. The van der Waals surface area contributed by atoms with Gasteiger partial charge in [-0.15, -0.1) is 0 Å². The molecule has 2 atom stereocenters. The highest BCUT2D eigenvalue weighted by molar-refractivity contribution is 7.89. The number of sulfonamides is 1. The van der Waals surface area contributed by atoms with E-state index in [1.54, 1.807) is 47.0 Å². The molecule has 0 amide bonds. The largest absolute Gasteiger partial charge is 0.476 e. The second-order valence-corrected chi connectivity index (χ2v) is 9.50. The fourth-order valence-electron chi connectivity index (χ4n) is 3.95. The average molecular weight is 442 g/mol. The van der Waals surface area contributed by atoms with Gasteiger partial charge in [0.2, 0.25) is 10.0 Å². The third-order valence-corrected chi connectivity index (χ3v) is 7.44. The summed E-state index contributed by atoms with van der Waals surface area (Å²) in [5, 5.41) is 20.2. The van der Waals surface area contributed by atoms with E-state index < -0.39 is 28.0 Å². The third-order valence-electron chi connectivity index (χ3n) is 5.56. The second kappa shape index (κ2) is 8.62. The Labute approximate surface area is 180 Å². The Hall–Kier alpha value is -3.01. The summed E-state index contributed by atoms with van der Waals surface area (Å²) in [5.41, 5.74) is 1.05. The molecule has 1 aromatic heterocycles. The summed E-state index contributed by atoms with van der Waals surface area (Å²) in [6, 6.07) is 17.3. The number of carboxylic acids is 1. The van der Waals surface area contributed by atoms with Crippen molar-refractivity contribution in [1.82, 2.24) is 13.9 Å². The number of piperidine rings is 1. The number of aromatic carboxylic acids is 1. The number of carboxylic acid groups (broad SMARTS) is 1. The lowest BCUT2D eigenvalue weighted by molar-refractivity contribution is 0.0454. The topological polar surface area (TPSA) is 113 Å². The molecular formula is C22H23N3O5S. The lowest BCUT2D eigenvalue weighted by atomic mass is 9.95. The molecule has 31 heavy (non-hydrogen) atoms. The van der Waals surface area contributed by atoms with Crippen LogP contribution in [-0.4, -0.2) is 57.6 Å². The Morgan fingerprint density at radius 1 is 1.06 bits per heavy atom. The summed E-state index contributed by atoms with van der Waals surface area (Å²) in [6.07, 6.45) is 1.03. The first-order valence-electron chi connectivity index (χ1n) is 9.95. The average Bonchev–Trinajstić information content (AvgIpc) is 3.20. The number of nitrogens with zero attached hydrogens (tertiary/aromatic N) is 3. The number of hydrogen-bond donors (Lipinski definition) is 2. The molecule has 0 saturated carbocycles. The van der Waals surface area contributed by atoms with E-state index in [1.165, 1.54) is 10.6 Å². The zero-order chi connectivity index (χ0) is 22.0. The van der Waals surface area contributed by atoms with Crippen LogP contribution in [0.5, 0.6) is 0 Å². The molecule has 0 bridgehead atoms. The first-order valence-corrected chi connectivity index (χ1v) is 11.4. The number of aliphatic hydroxyl groups is 1. The number of benzene rings is 2. The van der Waals surface area contributed by atoms with Crippen molar-refractivity contribution < 1.29 is 23.4 Å². The van der Waals surface area contributed by atoms with Crippen molar-refractivity contribution in [3.8, 4) is 11.3 Å². The quantitative estimate of drug-likeness (QED) is 0.607. The van der Waals surface area contributed by atoms with Crippen LogP contribution in [0.2, 0.25) is 0 Å². The van der Waals surface area contributed by atoms with Gasteiger partial charge in [0.05, 0.1) is 23.0 Å². The van der Waals surface area contributed by atoms with Gasteiger partial charge >= 0.3 is 5.97 Å². The molecule has 1 saturated heterocycles. The number of rotatable bonds is 6. The Kier molecular flexibility index (Phi) is 5.90. The van der Waals surface area contributed by atoms with E-state index >= 15 is 0 Å². The standard InChI is InChI=1S/C22H23N3O5S/c26-19-11-12-25(31(29,30)18-9-5-2-6-10-18)14-17(19)13-24-15-23-20(22(27)28)21(24)16-7-3-1-4-8-16/h1-10,15,17,19,26H,11-14H2,(H,27,28)/t17-,19?/m0/s1. The minimum Gasteiger partial charge on any atom is -0.476 e. The van der Waals surface area contributed by atoms with Crippen LogP contribution in [0.1, 0.15) is 16.9 Å². The van der Waals surface area contributed by atoms with Gasteiger partial charge in [0.25, 0.3) is 0 Å². The zero-order valence-corrected chi connectivity index (χ0v) is 17.5. The minimum absolute atomic E-state index is 0.0785. The normalized spacial score (nSPS) is 19.9. The van der Waals surface area contributed by atoms with E-state index in [2.05, 4.69) is 4.98 Å². The van der Waals surface area contributed by atoms with E-state index in [0.717, 1.165) is 0 Å². The van der Waals surface area contributed by atoms with Gasteiger partial charge in [-0.1, -0.05) is 48.5 Å². The fraction of sp³-hybridized carbons (Fsp3) is 0.273. The number of carbonyl (C=O) groups is 1. The van der Waals surface area contributed by atoms with Gasteiger partial charge in [0.15, 0.2) is 5.69 Å². The number of aromatic nitrogens is 2. The van der Waals surface area contributed by atoms with Crippen molar-refractivity contribution in [2.45, 2.75) is 24.0 Å². The van der Waals surface area contributed by atoms with Gasteiger partial charge in [-0.3, -0.25) is 0 Å². The summed E-state index contributed by atoms with van der Waals surface area (Å²) in [5.74, 6) is -1.55. The smallest absolute Gasteiger partial charge is 0.356 e. The summed E-state index contributed by atoms with van der Waals surface area (Å²) < 4.78 is 29.1. The van der Waals surface area contributed by atoms with Crippen LogP contribution in [-0.2, 0) is 16.6 Å². The molecule has 1 aliphatic rings. The van der Waals surface area contributed by atoms with Crippen LogP contribution in [0.4, 0.5) is 0 Å². The van der Waals surface area contributed by atoms with Crippen LogP contribution in [0.3, 0.4) is 0 Å². The highest BCUT2D eigenvalue weighted by atomic mass is 32.2. The third kappa shape index (κ3) is 4.25. The van der Waals surface area contributed by atoms with Crippen LogP contribution < -0.4 is 0 Å². The van der Waals surface area contributed by atoms with Crippen molar-refractivity contribution in [3.63, 3.8) is 0 Å². The van der Waals surface area contributed by atoms with E-state index in [-0.39, 0.29) is 30.2 Å². The lowest BCUT2D eigenvalue weighted by Crippen LogP contribution is -2.47. The fourth-order valence-corrected chi connectivity index (χ4v) is 5.49. The highest BCUT2D eigenvalue weighted by Gasteiger charge is 2.35. The molecule has 3 aromatic rings. The van der Waals surface area contributed by atoms with Crippen LogP contribution in [0.15, 0.2) is 71.9 Å². The summed E-state index contributed by atoms with van der Waals surface area (Å²) in [7, 11) is -3.68. The van der Waals surface area contributed by atoms with Crippen molar-refractivity contribution in [2.75, 3.05) is 13.1 Å². The van der Waals surface area contributed by atoms with Gasteiger partial charge in [-0.2, -0.15) is 4.31 Å². The van der Waals surface area contributed by atoms with Crippen molar-refractivity contribution in [2.24, 2.45) is 5.92 Å². The molecule has 4 rings (SSSR count). The van der Waals surface area contributed by atoms with Crippen molar-refractivity contribution >= 4 is 16.0 Å². The van der Waals surface area contributed by atoms with Gasteiger partial charge in [0, 0.05) is 31.1 Å². The minimum atomic E-state index is -3.68. The number of hydrogen-bond acceptors (Lipinski definition) is 5. The Balaban J connectivity index is 1.63. The molecule has 1 fully saturated rings. The molecule has 1 aliphatic heterocycles. The van der Waals surface area contributed by atoms with Gasteiger partial charge in [0.1, 0.15) is 0 Å². The maximum Gasteiger partial charge on any atom is 0.356 e. The monoisotopic (exact) mass is 441 g/mol. The maximum absolute atomic E-state index is 13.0. The molecule has 0 radical (unpaired) electrons. The molecule has 0 spiro atoms. The number of aliphatic hydroxyl groups excluding tert-OH is 1. The van der Waals surface area contributed by atoms with E-state index in [0.29, 0.717) is 17.7 Å². The molecule has 9 heteroatoms. The first-order chi connectivity index (χ1) is 14.9. The lowest BCUT2D eigenvalue weighted by Gasteiger charge is -2.35. The number of imidazole rings is 1. The molecule has 1 unspecified atom stereocenters. The van der Waals surface area contributed by atoms with Crippen LogP contribution in [0.25, 0.3) is 11.3 Å². The van der Waals surface area contributed by atoms with Crippen molar-refractivity contribution in [1.29, 1.82) is 0 Å². The SMILES string of the molecule is O=C(O)c1ncn(C[C@H]2CN(S(=O)(=O)c3ccccc3)CCC2O)c1-c1ccccc1. The van der Waals surface area contributed by atoms with E-state index in [9.17, 15) is 23.4 Å². The molecule has 162 valence electrons. The maximum atomic E-state index is 13.0. The van der Waals surface area contributed by atoms with E-state index in [4.69, 9.17) is 0 Å². The summed E-state index contributed by atoms with van der Waals surface area (Å²) >= 11 is 0. The predicted octanol–water partition coefficient (Wildman–Crippen LogP) is 2.32. The van der Waals surface area contributed by atoms with Gasteiger partial charge < -0.3 is 14.8 Å². The van der Waals surface area contributed by atoms with Crippen LogP contribution >= 0.6 is 0 Å². The molecule has 8 nitrogen and oxygen atoms in total. The Bertz CT molecular complexity index is 1160. The van der Waals surface area contributed by atoms with Crippen LogP contribution in [0, 0.1) is 5.92 Å². The molecule has 2 heterocycles. The molecule has 0 aliphatic carbocycles. The highest BCUT2D eigenvalue weighted by Crippen LogP contribution is 2.29. The van der Waals surface area contributed by atoms with Gasteiger partial charge in [-0.05, 0) is 18.6 Å². The second-order valence-electron chi connectivity index (χ2n) is 7.56. The van der Waals surface area contributed by atoms with Gasteiger partial charge in [-0.25, -0.2) is 18.2 Å². The first kappa shape index (κ1) is 21.2. The van der Waals surface area contributed by atoms with E-state index in [1.807, 2.05) is 18.2 Å².